The highest BCUT2D eigenvalue weighted by atomic mass is 16.4. The van der Waals surface area contributed by atoms with Crippen molar-refractivity contribution in [3.05, 3.63) is 24.8 Å². The summed E-state index contributed by atoms with van der Waals surface area (Å²) in [5.74, 6) is 1.17. The molecular weight excluding hydrogens is 380 g/mol. The maximum absolute atomic E-state index is 11.5. The predicted octanol–water partition coefficient (Wildman–Crippen LogP) is 8.04. The van der Waals surface area contributed by atoms with Gasteiger partial charge in [0.1, 0.15) is 0 Å². The van der Waals surface area contributed by atoms with Crippen molar-refractivity contribution in [1.82, 2.24) is 0 Å². The third-order valence-corrected chi connectivity index (χ3v) is 12.1. The lowest BCUT2D eigenvalue weighted by molar-refractivity contribution is -0.237. The Bertz CT molecular complexity index is 784. The Kier molecular flexibility index (Phi) is 5.39. The first-order valence-corrected chi connectivity index (χ1v) is 12.9. The molecule has 0 aliphatic heterocycles. The molecule has 0 heterocycles. The Morgan fingerprint density at radius 1 is 1.00 bits per heavy atom. The molecule has 174 valence electrons. The molecule has 0 saturated heterocycles. The summed E-state index contributed by atoms with van der Waals surface area (Å²) in [4.78, 5) is 11.5. The number of carbonyl (C=O) groups is 1. The van der Waals surface area contributed by atoms with E-state index in [0.29, 0.717) is 28.1 Å². The predicted molar refractivity (Wildman–Crippen MR) is 129 cm³/mol. The van der Waals surface area contributed by atoms with E-state index in [1.807, 2.05) is 0 Å². The second-order valence-electron chi connectivity index (χ2n) is 13.3. The smallest absolute Gasteiger partial charge is 0.303 e. The summed E-state index contributed by atoms with van der Waals surface area (Å²) in [6, 6.07) is 0. The van der Waals surface area contributed by atoms with Gasteiger partial charge in [-0.25, -0.2) is 0 Å². The number of rotatable bonds is 4. The van der Waals surface area contributed by atoms with Crippen molar-refractivity contribution in [2.24, 2.45) is 44.8 Å². The van der Waals surface area contributed by atoms with Crippen molar-refractivity contribution in [3.8, 4) is 0 Å². The molecule has 4 aliphatic rings. The molecular formula is C29H46O2. The number of aliphatic carboxylic acids is 1. The molecule has 0 aromatic heterocycles. The zero-order chi connectivity index (χ0) is 22.9. The first-order valence-electron chi connectivity index (χ1n) is 12.9. The van der Waals surface area contributed by atoms with Crippen LogP contribution >= 0.6 is 0 Å². The van der Waals surface area contributed by atoms with E-state index in [0.717, 1.165) is 18.8 Å². The van der Waals surface area contributed by atoms with Crippen LogP contribution in [0.4, 0.5) is 0 Å². The molecule has 1 N–H and O–H groups in total. The standard InChI is InChI=1S/C29H46O2/c1-8-25(3)14-12-22-27(5,21(25)9-10-24(30)31)16-18-29(7)23-19-20(2)11-13-26(23,4)15-17-28(22,29)6/h8,21-23H,1-2,9-19H2,3-7H3,(H,30,31). The fourth-order valence-corrected chi connectivity index (χ4v) is 9.88. The highest BCUT2D eigenvalue weighted by Gasteiger charge is 2.69. The van der Waals surface area contributed by atoms with Crippen LogP contribution in [-0.2, 0) is 4.79 Å². The second-order valence-corrected chi connectivity index (χ2v) is 13.3. The minimum atomic E-state index is -0.654. The molecule has 4 fully saturated rings. The molecule has 31 heavy (non-hydrogen) atoms. The van der Waals surface area contributed by atoms with Crippen molar-refractivity contribution in [2.45, 2.75) is 105 Å². The SMILES string of the molecule is C=CC1(C)CCC2C(C)(CCC3(C)C4CC(=C)CCC4(C)CCC23C)C1CCC(=O)O. The molecule has 2 nitrogen and oxygen atoms in total. The van der Waals surface area contributed by atoms with Gasteiger partial charge in [0.15, 0.2) is 0 Å². The normalized spacial score (nSPS) is 51.9. The van der Waals surface area contributed by atoms with Gasteiger partial charge < -0.3 is 5.11 Å². The highest BCUT2D eigenvalue weighted by molar-refractivity contribution is 5.66. The minimum absolute atomic E-state index is 0.0487. The lowest BCUT2D eigenvalue weighted by atomic mass is 9.31. The third-order valence-electron chi connectivity index (χ3n) is 12.1. The topological polar surface area (TPSA) is 37.3 Å². The molecule has 0 spiro atoms. The van der Waals surface area contributed by atoms with Gasteiger partial charge in [-0.05, 0) is 109 Å². The summed E-state index contributed by atoms with van der Waals surface area (Å²) in [7, 11) is 0. The van der Waals surface area contributed by atoms with Crippen molar-refractivity contribution < 1.29 is 9.90 Å². The molecule has 0 radical (unpaired) electrons. The van der Waals surface area contributed by atoms with Gasteiger partial charge in [-0.1, -0.05) is 52.8 Å². The largest absolute Gasteiger partial charge is 0.481 e. The maximum atomic E-state index is 11.5. The van der Waals surface area contributed by atoms with Crippen LogP contribution in [0.2, 0.25) is 0 Å². The van der Waals surface area contributed by atoms with Crippen LogP contribution in [0.15, 0.2) is 24.8 Å². The molecule has 4 saturated carbocycles. The van der Waals surface area contributed by atoms with Crippen molar-refractivity contribution in [3.63, 3.8) is 0 Å². The lowest BCUT2D eigenvalue weighted by Gasteiger charge is -2.73. The van der Waals surface area contributed by atoms with Crippen LogP contribution in [0, 0.1) is 44.8 Å². The summed E-state index contributed by atoms with van der Waals surface area (Å²) in [5.41, 5.74) is 2.87. The number of allylic oxidation sites excluding steroid dienone is 2. The van der Waals surface area contributed by atoms with E-state index >= 15 is 0 Å². The van der Waals surface area contributed by atoms with Crippen molar-refractivity contribution >= 4 is 5.97 Å². The molecule has 0 aromatic rings. The van der Waals surface area contributed by atoms with Gasteiger partial charge in [0, 0.05) is 6.42 Å². The van der Waals surface area contributed by atoms with Gasteiger partial charge >= 0.3 is 5.97 Å². The van der Waals surface area contributed by atoms with E-state index in [1.54, 1.807) is 0 Å². The fraction of sp³-hybridized carbons (Fsp3) is 0.828. The number of carboxylic acids is 1. The third kappa shape index (κ3) is 3.13. The fourth-order valence-electron chi connectivity index (χ4n) is 9.88. The summed E-state index contributed by atoms with van der Waals surface area (Å²) >= 11 is 0. The maximum Gasteiger partial charge on any atom is 0.303 e. The molecule has 0 amide bonds. The van der Waals surface area contributed by atoms with Crippen molar-refractivity contribution in [1.29, 1.82) is 0 Å². The summed E-state index contributed by atoms with van der Waals surface area (Å²) in [6.45, 7) is 21.4. The van der Waals surface area contributed by atoms with Crippen LogP contribution in [-0.4, -0.2) is 11.1 Å². The van der Waals surface area contributed by atoms with Crippen LogP contribution in [0.5, 0.6) is 0 Å². The van der Waals surface area contributed by atoms with Crippen LogP contribution < -0.4 is 0 Å². The van der Waals surface area contributed by atoms with E-state index < -0.39 is 5.97 Å². The Balaban J connectivity index is 1.74. The van der Waals surface area contributed by atoms with Gasteiger partial charge in [0.05, 0.1) is 0 Å². The Hall–Kier alpha value is -1.05. The molecule has 4 aliphatic carbocycles. The first kappa shape index (κ1) is 23.1. The van der Waals surface area contributed by atoms with Gasteiger partial charge in [0.2, 0.25) is 0 Å². The van der Waals surface area contributed by atoms with Gasteiger partial charge in [-0.3, -0.25) is 4.79 Å². The number of hydrogen-bond acceptors (Lipinski definition) is 1. The molecule has 4 rings (SSSR count). The highest BCUT2D eigenvalue weighted by Crippen LogP contribution is 2.77. The van der Waals surface area contributed by atoms with E-state index in [4.69, 9.17) is 0 Å². The second kappa shape index (κ2) is 7.22. The summed E-state index contributed by atoms with van der Waals surface area (Å²) < 4.78 is 0. The summed E-state index contributed by atoms with van der Waals surface area (Å²) in [6.07, 6.45) is 14.6. The quantitative estimate of drug-likeness (QED) is 0.462. The Morgan fingerprint density at radius 3 is 2.29 bits per heavy atom. The van der Waals surface area contributed by atoms with Crippen LogP contribution in [0.25, 0.3) is 0 Å². The van der Waals surface area contributed by atoms with Gasteiger partial charge in [0.25, 0.3) is 0 Å². The van der Waals surface area contributed by atoms with Crippen molar-refractivity contribution in [2.75, 3.05) is 0 Å². The zero-order valence-electron chi connectivity index (χ0n) is 20.9. The van der Waals surface area contributed by atoms with E-state index in [9.17, 15) is 9.90 Å². The zero-order valence-corrected chi connectivity index (χ0v) is 20.9. The van der Waals surface area contributed by atoms with Gasteiger partial charge in [-0.2, -0.15) is 0 Å². The van der Waals surface area contributed by atoms with E-state index in [-0.39, 0.29) is 17.3 Å². The molecule has 2 heteroatoms. The molecule has 8 atom stereocenters. The Morgan fingerprint density at radius 2 is 1.65 bits per heavy atom. The van der Waals surface area contributed by atoms with Gasteiger partial charge in [-0.15, -0.1) is 6.58 Å². The number of fused-ring (bicyclic) bond motifs is 5. The molecule has 0 aromatic carbocycles. The molecule has 8 unspecified atom stereocenters. The monoisotopic (exact) mass is 426 g/mol. The summed E-state index contributed by atoms with van der Waals surface area (Å²) in [5, 5.41) is 9.49. The Labute approximate surface area is 191 Å². The molecule has 0 bridgehead atoms. The first-order chi connectivity index (χ1) is 14.3. The average molecular weight is 427 g/mol. The number of carboxylic acid groups (broad SMARTS) is 1. The van der Waals surface area contributed by atoms with E-state index in [1.165, 1.54) is 56.9 Å². The minimum Gasteiger partial charge on any atom is -0.481 e. The number of hydrogen-bond donors (Lipinski definition) is 1. The van der Waals surface area contributed by atoms with Crippen LogP contribution in [0.1, 0.15) is 105 Å². The van der Waals surface area contributed by atoms with E-state index in [2.05, 4.69) is 53.9 Å². The van der Waals surface area contributed by atoms with Crippen LogP contribution in [0.3, 0.4) is 0 Å². The average Bonchev–Trinajstić information content (AvgIpc) is 2.70. The lowest BCUT2D eigenvalue weighted by Crippen LogP contribution is -2.66.